The molecule has 6 nitrogen and oxygen atoms in total. The summed E-state index contributed by atoms with van der Waals surface area (Å²) in [6.07, 6.45) is 2.65. The number of benzene rings is 2. The number of nitrogens with one attached hydrogen (secondary N) is 1. The Balaban J connectivity index is 1.81. The number of hydrogen-bond donors (Lipinski definition) is 1. The highest BCUT2D eigenvalue weighted by molar-refractivity contribution is 7.92. The van der Waals surface area contributed by atoms with E-state index in [4.69, 9.17) is 4.74 Å². The molecule has 0 radical (unpaired) electrons. The lowest BCUT2D eigenvalue weighted by molar-refractivity contribution is -0.121. The van der Waals surface area contributed by atoms with Gasteiger partial charge in [-0.3, -0.25) is 9.10 Å². The highest BCUT2D eigenvalue weighted by Crippen LogP contribution is 2.21. The molecule has 146 valence electrons. The van der Waals surface area contributed by atoms with E-state index in [0.717, 1.165) is 12.7 Å². The lowest BCUT2D eigenvalue weighted by Gasteiger charge is -2.22. The minimum Gasteiger partial charge on any atom is -0.497 e. The molecule has 1 N–H and O–H groups in total. The number of methoxy groups -OCH3 is 1. The fraction of sp³-hybridized carbons (Fsp3) is 0.350. The van der Waals surface area contributed by atoms with Gasteiger partial charge in [-0.15, -0.1) is 0 Å². The number of carbonyl (C=O) groups excluding carboxylic acids is 1. The van der Waals surface area contributed by atoms with Gasteiger partial charge in [0.05, 0.1) is 19.1 Å². The van der Waals surface area contributed by atoms with Crippen molar-refractivity contribution < 1.29 is 17.9 Å². The van der Waals surface area contributed by atoms with Crippen molar-refractivity contribution in [2.45, 2.75) is 19.3 Å². The SMILES string of the molecule is COc1ccc(N(CCCC(=O)NCCc2ccccc2)S(C)(=O)=O)cc1. The number of sulfonamides is 1. The molecule has 0 aliphatic carbocycles. The highest BCUT2D eigenvalue weighted by atomic mass is 32.2. The van der Waals surface area contributed by atoms with Crippen molar-refractivity contribution in [3.8, 4) is 5.75 Å². The van der Waals surface area contributed by atoms with Crippen molar-refractivity contribution in [1.29, 1.82) is 0 Å². The lowest BCUT2D eigenvalue weighted by Crippen LogP contribution is -2.32. The van der Waals surface area contributed by atoms with Gasteiger partial charge in [-0.1, -0.05) is 30.3 Å². The first kappa shape index (κ1) is 20.8. The molecule has 7 heteroatoms. The predicted octanol–water partition coefficient (Wildman–Crippen LogP) is 2.60. The number of nitrogens with zero attached hydrogens (tertiary/aromatic N) is 1. The van der Waals surface area contributed by atoms with Crippen LogP contribution in [0.2, 0.25) is 0 Å². The molecule has 0 heterocycles. The predicted molar refractivity (Wildman–Crippen MR) is 108 cm³/mol. The molecular weight excluding hydrogens is 364 g/mol. The van der Waals surface area contributed by atoms with Crippen molar-refractivity contribution >= 4 is 21.6 Å². The van der Waals surface area contributed by atoms with Gasteiger partial charge < -0.3 is 10.1 Å². The summed E-state index contributed by atoms with van der Waals surface area (Å²) in [6.45, 7) is 0.814. The summed E-state index contributed by atoms with van der Waals surface area (Å²) >= 11 is 0. The summed E-state index contributed by atoms with van der Waals surface area (Å²) in [5.41, 5.74) is 1.73. The van der Waals surface area contributed by atoms with Crippen LogP contribution >= 0.6 is 0 Å². The van der Waals surface area contributed by atoms with Crippen LogP contribution in [0.5, 0.6) is 5.75 Å². The van der Waals surface area contributed by atoms with E-state index in [1.54, 1.807) is 31.4 Å². The Hall–Kier alpha value is -2.54. The molecule has 0 aliphatic heterocycles. The summed E-state index contributed by atoms with van der Waals surface area (Å²) in [5, 5.41) is 2.88. The molecule has 2 aromatic rings. The Morgan fingerprint density at radius 1 is 1.07 bits per heavy atom. The molecular formula is C20H26N2O4S. The Bertz CT molecular complexity index is 821. The van der Waals surface area contributed by atoms with E-state index in [1.807, 2.05) is 30.3 Å². The smallest absolute Gasteiger partial charge is 0.232 e. The Morgan fingerprint density at radius 3 is 2.33 bits per heavy atom. The second kappa shape index (κ2) is 9.97. The minimum absolute atomic E-state index is 0.0749. The third-order valence-electron chi connectivity index (χ3n) is 4.10. The van der Waals surface area contributed by atoms with Crippen LogP contribution in [-0.2, 0) is 21.2 Å². The summed E-state index contributed by atoms with van der Waals surface area (Å²) in [6, 6.07) is 16.7. The molecule has 0 atom stereocenters. The van der Waals surface area contributed by atoms with Gasteiger partial charge in [-0.2, -0.15) is 0 Å². The quantitative estimate of drug-likeness (QED) is 0.677. The fourth-order valence-electron chi connectivity index (χ4n) is 2.70. The van der Waals surface area contributed by atoms with Crippen molar-refractivity contribution in [2.75, 3.05) is 30.8 Å². The average molecular weight is 391 g/mol. The number of ether oxygens (including phenoxy) is 1. The van der Waals surface area contributed by atoms with E-state index < -0.39 is 10.0 Å². The van der Waals surface area contributed by atoms with Crippen LogP contribution in [0, 0.1) is 0 Å². The molecule has 0 saturated heterocycles. The maximum absolute atomic E-state index is 12.1. The van der Waals surface area contributed by atoms with Crippen LogP contribution in [-0.4, -0.2) is 40.8 Å². The topological polar surface area (TPSA) is 75.7 Å². The molecule has 0 fully saturated rings. The minimum atomic E-state index is -3.43. The summed E-state index contributed by atoms with van der Waals surface area (Å²) in [7, 11) is -1.87. The van der Waals surface area contributed by atoms with E-state index in [2.05, 4.69) is 5.32 Å². The molecule has 2 rings (SSSR count). The number of hydrogen-bond acceptors (Lipinski definition) is 4. The van der Waals surface area contributed by atoms with E-state index in [1.165, 1.54) is 9.87 Å². The molecule has 0 unspecified atom stereocenters. The molecule has 1 amide bonds. The van der Waals surface area contributed by atoms with Crippen LogP contribution in [0.15, 0.2) is 54.6 Å². The first-order valence-electron chi connectivity index (χ1n) is 8.82. The van der Waals surface area contributed by atoms with Gasteiger partial charge in [0.15, 0.2) is 0 Å². The summed E-state index contributed by atoms with van der Waals surface area (Å²) in [5.74, 6) is 0.583. The zero-order valence-corrected chi connectivity index (χ0v) is 16.5. The molecule has 0 bridgehead atoms. The normalized spacial score (nSPS) is 11.0. The molecule has 0 saturated carbocycles. The maximum Gasteiger partial charge on any atom is 0.232 e. The third-order valence-corrected chi connectivity index (χ3v) is 5.30. The van der Waals surface area contributed by atoms with Gasteiger partial charge in [-0.05, 0) is 42.7 Å². The summed E-state index contributed by atoms with van der Waals surface area (Å²) in [4.78, 5) is 12.0. The van der Waals surface area contributed by atoms with Gasteiger partial charge in [0.25, 0.3) is 0 Å². The van der Waals surface area contributed by atoms with Crippen LogP contribution in [0.25, 0.3) is 0 Å². The second-order valence-electron chi connectivity index (χ2n) is 6.22. The van der Waals surface area contributed by atoms with Crippen molar-refractivity contribution in [2.24, 2.45) is 0 Å². The Morgan fingerprint density at radius 2 is 1.74 bits per heavy atom. The van der Waals surface area contributed by atoms with Crippen LogP contribution in [0.3, 0.4) is 0 Å². The lowest BCUT2D eigenvalue weighted by atomic mass is 10.1. The average Bonchev–Trinajstić information content (AvgIpc) is 2.65. The van der Waals surface area contributed by atoms with Crippen LogP contribution in [0.1, 0.15) is 18.4 Å². The standard InChI is InChI=1S/C20H26N2O4S/c1-26-19-12-10-18(11-13-19)22(27(2,24)25)16-6-9-20(23)21-15-14-17-7-4-3-5-8-17/h3-5,7-8,10-13H,6,9,14-16H2,1-2H3,(H,21,23). The third kappa shape index (κ3) is 6.94. The molecule has 0 aliphatic rings. The highest BCUT2D eigenvalue weighted by Gasteiger charge is 2.17. The monoisotopic (exact) mass is 390 g/mol. The van der Waals surface area contributed by atoms with Crippen molar-refractivity contribution in [1.82, 2.24) is 5.32 Å². The van der Waals surface area contributed by atoms with Gasteiger partial charge in [0, 0.05) is 19.5 Å². The van der Waals surface area contributed by atoms with Crippen LogP contribution < -0.4 is 14.4 Å². The largest absolute Gasteiger partial charge is 0.497 e. The second-order valence-corrected chi connectivity index (χ2v) is 8.13. The number of rotatable bonds is 10. The van der Waals surface area contributed by atoms with Gasteiger partial charge >= 0.3 is 0 Å². The molecule has 2 aromatic carbocycles. The maximum atomic E-state index is 12.1. The van der Waals surface area contributed by atoms with E-state index >= 15 is 0 Å². The zero-order chi connectivity index (χ0) is 19.7. The van der Waals surface area contributed by atoms with Gasteiger partial charge in [0.2, 0.25) is 15.9 Å². The summed E-state index contributed by atoms with van der Waals surface area (Å²) < 4.78 is 30.6. The van der Waals surface area contributed by atoms with Gasteiger partial charge in [0.1, 0.15) is 5.75 Å². The zero-order valence-electron chi connectivity index (χ0n) is 15.7. The first-order valence-corrected chi connectivity index (χ1v) is 10.7. The number of anilines is 1. The number of carbonyl (C=O) groups is 1. The Kier molecular flexibility index (Phi) is 7.67. The van der Waals surface area contributed by atoms with Crippen molar-refractivity contribution in [3.05, 3.63) is 60.2 Å². The van der Waals surface area contributed by atoms with E-state index in [9.17, 15) is 13.2 Å². The Labute approximate surface area is 161 Å². The molecule has 0 spiro atoms. The molecule has 0 aromatic heterocycles. The van der Waals surface area contributed by atoms with E-state index in [-0.39, 0.29) is 18.9 Å². The van der Waals surface area contributed by atoms with Crippen molar-refractivity contribution in [3.63, 3.8) is 0 Å². The first-order chi connectivity index (χ1) is 12.9. The van der Waals surface area contributed by atoms with Gasteiger partial charge in [-0.25, -0.2) is 8.42 Å². The van der Waals surface area contributed by atoms with Crippen LogP contribution in [0.4, 0.5) is 5.69 Å². The molecule has 27 heavy (non-hydrogen) atoms. The number of amides is 1. The fourth-order valence-corrected chi connectivity index (χ4v) is 3.66. The van der Waals surface area contributed by atoms with E-state index in [0.29, 0.717) is 24.4 Å².